The van der Waals surface area contributed by atoms with Crippen molar-refractivity contribution in [2.24, 2.45) is 0 Å². The predicted molar refractivity (Wildman–Crippen MR) is 98.9 cm³/mol. The van der Waals surface area contributed by atoms with Crippen LogP contribution in [0.1, 0.15) is 12.5 Å². The molecule has 2 aromatic carbocycles. The van der Waals surface area contributed by atoms with Crippen molar-refractivity contribution in [2.75, 3.05) is 5.73 Å². The van der Waals surface area contributed by atoms with Crippen LogP contribution in [0.25, 0.3) is 17.1 Å². The summed E-state index contributed by atoms with van der Waals surface area (Å²) in [6.45, 7) is 1.87. The van der Waals surface area contributed by atoms with Gasteiger partial charge in [0.15, 0.2) is 5.70 Å². The van der Waals surface area contributed by atoms with Gasteiger partial charge in [-0.1, -0.05) is 60.7 Å². The van der Waals surface area contributed by atoms with Gasteiger partial charge in [0.2, 0.25) is 5.72 Å². The summed E-state index contributed by atoms with van der Waals surface area (Å²) in [5.74, 6) is 0.684. The van der Waals surface area contributed by atoms with E-state index in [0.29, 0.717) is 17.4 Å². The number of rotatable bonds is 3. The topological polar surface area (TPSA) is 88.9 Å². The molecule has 1 aliphatic heterocycles. The molecule has 3 N–H and O–H groups in total. The fourth-order valence-electron chi connectivity index (χ4n) is 2.98. The lowest BCUT2D eigenvalue weighted by Crippen LogP contribution is -2.35. The van der Waals surface area contributed by atoms with Crippen molar-refractivity contribution in [3.63, 3.8) is 0 Å². The first-order valence-electron chi connectivity index (χ1n) is 8.19. The van der Waals surface area contributed by atoms with Gasteiger partial charge in [0.1, 0.15) is 11.9 Å². The maximum absolute atomic E-state index is 9.56. The predicted octanol–water partition coefficient (Wildman–Crippen LogP) is 3.27. The van der Waals surface area contributed by atoms with Crippen molar-refractivity contribution < 1.29 is 4.74 Å². The minimum Gasteiger partial charge on any atom is -0.445 e. The van der Waals surface area contributed by atoms with Crippen LogP contribution in [0, 0.1) is 11.3 Å². The van der Waals surface area contributed by atoms with Gasteiger partial charge in [0.05, 0.1) is 5.69 Å². The minimum absolute atomic E-state index is 0.283. The highest BCUT2D eigenvalue weighted by Crippen LogP contribution is 2.36. The van der Waals surface area contributed by atoms with Crippen molar-refractivity contribution in [1.82, 2.24) is 15.1 Å². The number of hydrogen-bond donors (Lipinski definition) is 2. The molecule has 128 valence electrons. The van der Waals surface area contributed by atoms with Crippen LogP contribution in [-0.2, 0) is 10.5 Å². The highest BCUT2D eigenvalue weighted by Gasteiger charge is 2.39. The molecular weight excluding hydrogens is 326 g/mol. The molecule has 6 heteroatoms. The van der Waals surface area contributed by atoms with E-state index in [0.717, 1.165) is 11.1 Å². The first kappa shape index (κ1) is 15.8. The zero-order chi connectivity index (χ0) is 18.1. The van der Waals surface area contributed by atoms with Crippen LogP contribution in [0.5, 0.6) is 0 Å². The number of allylic oxidation sites excluding steroid dienone is 1. The maximum Gasteiger partial charge on any atom is 0.254 e. The lowest BCUT2D eigenvalue weighted by molar-refractivity contribution is 0.0462. The van der Waals surface area contributed by atoms with Gasteiger partial charge in [0, 0.05) is 17.2 Å². The van der Waals surface area contributed by atoms with Crippen molar-refractivity contribution in [2.45, 2.75) is 12.6 Å². The zero-order valence-corrected chi connectivity index (χ0v) is 14.2. The van der Waals surface area contributed by atoms with Gasteiger partial charge in [-0.05, 0) is 6.92 Å². The molecule has 0 saturated heterocycles. The average Bonchev–Trinajstić information content (AvgIpc) is 3.24. The largest absolute Gasteiger partial charge is 0.445 e. The number of nitrogen functional groups attached to an aromatic ring is 1. The summed E-state index contributed by atoms with van der Waals surface area (Å²) in [6.07, 6.45) is 0. The average molecular weight is 343 g/mol. The van der Waals surface area contributed by atoms with E-state index in [1.807, 2.05) is 67.6 Å². The molecule has 2 heterocycles. The van der Waals surface area contributed by atoms with Gasteiger partial charge in [-0.15, -0.1) is 0 Å². The smallest absolute Gasteiger partial charge is 0.254 e. The molecule has 26 heavy (non-hydrogen) atoms. The molecule has 3 aromatic rings. The second-order valence-corrected chi connectivity index (χ2v) is 6.15. The number of hydrogen-bond acceptors (Lipinski definition) is 5. The number of nitrogens with zero attached hydrogens (tertiary/aromatic N) is 3. The minimum atomic E-state index is -0.868. The van der Waals surface area contributed by atoms with E-state index in [9.17, 15) is 5.26 Å². The third kappa shape index (κ3) is 2.56. The molecule has 0 saturated carbocycles. The lowest BCUT2D eigenvalue weighted by atomic mass is 10.1. The first-order chi connectivity index (χ1) is 12.6. The Morgan fingerprint density at radius 1 is 1.12 bits per heavy atom. The molecular formula is C20H17N5O. The number of ether oxygens (including phenoxy) is 1. The van der Waals surface area contributed by atoms with E-state index in [-0.39, 0.29) is 5.70 Å². The van der Waals surface area contributed by atoms with Crippen LogP contribution in [0.2, 0.25) is 0 Å². The van der Waals surface area contributed by atoms with Crippen molar-refractivity contribution in [1.29, 1.82) is 5.26 Å². The lowest BCUT2D eigenvalue weighted by Gasteiger charge is -2.25. The molecule has 1 atom stereocenters. The zero-order valence-electron chi connectivity index (χ0n) is 14.2. The first-order valence-corrected chi connectivity index (χ1v) is 8.19. The van der Waals surface area contributed by atoms with E-state index >= 15 is 0 Å². The number of nitriles is 1. The standard InChI is InChI=1S/C20H17N5O/c1-20(15-10-6-3-7-11-15)23-17(13-21)19(26-20)25-18(22)12-16(24-25)14-8-4-2-5-9-14/h2-12,23H,22H2,1H3. The van der Waals surface area contributed by atoms with Crippen LogP contribution >= 0.6 is 0 Å². The summed E-state index contributed by atoms with van der Waals surface area (Å²) >= 11 is 0. The fraction of sp³-hybridized carbons (Fsp3) is 0.100. The molecule has 0 radical (unpaired) electrons. The van der Waals surface area contributed by atoms with Crippen LogP contribution in [0.3, 0.4) is 0 Å². The van der Waals surface area contributed by atoms with Gasteiger partial charge in [-0.2, -0.15) is 15.0 Å². The Balaban J connectivity index is 1.74. The Bertz CT molecular complexity index is 1020. The molecule has 0 aliphatic carbocycles. The van der Waals surface area contributed by atoms with Gasteiger partial charge < -0.3 is 15.8 Å². The molecule has 4 rings (SSSR count). The summed E-state index contributed by atoms with van der Waals surface area (Å²) in [5, 5.41) is 17.2. The normalized spacial score (nSPS) is 18.9. The highest BCUT2D eigenvalue weighted by atomic mass is 16.5. The van der Waals surface area contributed by atoms with Crippen LogP contribution in [0.4, 0.5) is 5.82 Å². The Kier molecular flexibility index (Phi) is 3.63. The van der Waals surface area contributed by atoms with Crippen molar-refractivity contribution in [3.05, 3.63) is 78.0 Å². The SMILES string of the molecule is CC1(c2ccccc2)NC(C#N)=C(n2nc(-c3ccccc3)cc2N)O1. The third-order valence-corrected chi connectivity index (χ3v) is 4.31. The molecule has 0 bridgehead atoms. The van der Waals surface area contributed by atoms with E-state index < -0.39 is 5.72 Å². The summed E-state index contributed by atoms with van der Waals surface area (Å²) in [5.41, 5.74) is 8.12. The van der Waals surface area contributed by atoms with Crippen molar-refractivity contribution in [3.8, 4) is 17.3 Å². The number of nitrogens with two attached hydrogens (primary N) is 1. The van der Waals surface area contributed by atoms with Gasteiger partial charge >= 0.3 is 0 Å². The van der Waals surface area contributed by atoms with Gasteiger partial charge in [-0.3, -0.25) is 0 Å². The second-order valence-electron chi connectivity index (χ2n) is 6.15. The van der Waals surface area contributed by atoms with Crippen LogP contribution in [0.15, 0.2) is 72.4 Å². The van der Waals surface area contributed by atoms with Gasteiger partial charge in [-0.25, -0.2) is 0 Å². The fourth-order valence-corrected chi connectivity index (χ4v) is 2.98. The highest BCUT2D eigenvalue weighted by molar-refractivity contribution is 5.66. The second kappa shape index (κ2) is 5.97. The Morgan fingerprint density at radius 3 is 2.42 bits per heavy atom. The molecule has 1 aliphatic rings. The Morgan fingerprint density at radius 2 is 1.77 bits per heavy atom. The van der Waals surface area contributed by atoms with E-state index in [1.165, 1.54) is 4.68 Å². The number of nitrogens with one attached hydrogen (secondary N) is 1. The Hall–Kier alpha value is -3.72. The van der Waals surface area contributed by atoms with Crippen molar-refractivity contribution >= 4 is 11.7 Å². The maximum atomic E-state index is 9.56. The van der Waals surface area contributed by atoms with E-state index in [1.54, 1.807) is 6.07 Å². The number of aromatic nitrogens is 2. The summed E-state index contributed by atoms with van der Waals surface area (Å²) in [7, 11) is 0. The summed E-state index contributed by atoms with van der Waals surface area (Å²) in [6, 6.07) is 23.3. The molecule has 6 nitrogen and oxygen atoms in total. The van der Waals surface area contributed by atoms with Crippen LogP contribution in [-0.4, -0.2) is 9.78 Å². The van der Waals surface area contributed by atoms with E-state index in [2.05, 4.69) is 16.5 Å². The molecule has 1 aromatic heterocycles. The summed E-state index contributed by atoms with van der Waals surface area (Å²) < 4.78 is 7.58. The quantitative estimate of drug-likeness (QED) is 0.762. The third-order valence-electron chi connectivity index (χ3n) is 4.31. The Labute approximate surface area is 151 Å². The number of anilines is 1. The monoisotopic (exact) mass is 343 g/mol. The summed E-state index contributed by atoms with van der Waals surface area (Å²) in [4.78, 5) is 0. The molecule has 0 amide bonds. The van der Waals surface area contributed by atoms with Gasteiger partial charge in [0.25, 0.3) is 5.88 Å². The molecule has 0 fully saturated rings. The molecule has 0 spiro atoms. The van der Waals surface area contributed by atoms with E-state index in [4.69, 9.17) is 10.5 Å². The molecule has 1 unspecified atom stereocenters. The number of benzene rings is 2. The van der Waals surface area contributed by atoms with Crippen LogP contribution < -0.4 is 11.1 Å².